The number of carboxylic acid groups (broad SMARTS) is 1. The number of thiazole rings is 1. The molecule has 0 bridgehead atoms. The Labute approximate surface area is 162 Å². The summed E-state index contributed by atoms with van der Waals surface area (Å²) in [6, 6.07) is 13.7. The summed E-state index contributed by atoms with van der Waals surface area (Å²) in [5.41, 5.74) is 3.67. The van der Waals surface area contributed by atoms with Crippen molar-refractivity contribution >= 4 is 17.3 Å². The molecule has 0 fully saturated rings. The maximum Gasteiger partial charge on any atom is 0.347 e. The van der Waals surface area contributed by atoms with Gasteiger partial charge in [0.05, 0.1) is 12.8 Å². The molecule has 0 aliphatic carbocycles. The molecular weight excluding hydrogens is 362 g/mol. The normalized spacial score (nSPS) is 10.6. The van der Waals surface area contributed by atoms with Crippen LogP contribution in [0.15, 0.2) is 42.5 Å². The van der Waals surface area contributed by atoms with Gasteiger partial charge >= 0.3 is 5.97 Å². The molecule has 0 aliphatic rings. The van der Waals surface area contributed by atoms with Crippen LogP contribution in [0.2, 0.25) is 0 Å². The van der Waals surface area contributed by atoms with E-state index in [-0.39, 0.29) is 4.88 Å². The largest absolute Gasteiger partial charge is 0.493 e. The summed E-state index contributed by atoms with van der Waals surface area (Å²) in [7, 11) is 1.58. The average Bonchev–Trinajstić information content (AvgIpc) is 3.11. The molecule has 0 radical (unpaired) electrons. The molecule has 5 nitrogen and oxygen atoms in total. The molecule has 0 aliphatic heterocycles. The van der Waals surface area contributed by atoms with Crippen LogP contribution in [0, 0.1) is 6.92 Å². The van der Waals surface area contributed by atoms with Crippen LogP contribution >= 0.6 is 11.3 Å². The van der Waals surface area contributed by atoms with Crippen LogP contribution in [0.4, 0.5) is 0 Å². The molecule has 3 rings (SSSR count). The van der Waals surface area contributed by atoms with E-state index in [1.807, 2.05) is 50.2 Å². The maximum absolute atomic E-state index is 11.4. The van der Waals surface area contributed by atoms with Crippen molar-refractivity contribution in [1.82, 2.24) is 4.98 Å². The summed E-state index contributed by atoms with van der Waals surface area (Å²) in [6.07, 6.45) is 0.576. The second-order valence-corrected chi connectivity index (χ2v) is 7.10. The number of carboxylic acids is 1. The van der Waals surface area contributed by atoms with Gasteiger partial charge in [0.1, 0.15) is 16.5 Å². The number of aromatic carboxylic acids is 1. The highest BCUT2D eigenvalue weighted by Crippen LogP contribution is 2.35. The highest BCUT2D eigenvalue weighted by atomic mass is 32.1. The number of hydrogen-bond acceptors (Lipinski definition) is 5. The lowest BCUT2D eigenvalue weighted by molar-refractivity contribution is 0.0701. The minimum Gasteiger partial charge on any atom is -0.493 e. The van der Waals surface area contributed by atoms with Gasteiger partial charge in [-0.3, -0.25) is 0 Å². The number of nitrogens with zero attached hydrogens (tertiary/aromatic N) is 1. The minimum absolute atomic E-state index is 0.284. The van der Waals surface area contributed by atoms with Crippen LogP contribution < -0.4 is 9.47 Å². The van der Waals surface area contributed by atoms with Gasteiger partial charge in [0.2, 0.25) is 0 Å². The van der Waals surface area contributed by atoms with Gasteiger partial charge in [-0.2, -0.15) is 0 Å². The number of methoxy groups -OCH3 is 1. The number of benzene rings is 2. The van der Waals surface area contributed by atoms with Gasteiger partial charge in [0, 0.05) is 5.56 Å². The van der Waals surface area contributed by atoms with E-state index in [9.17, 15) is 9.90 Å². The van der Waals surface area contributed by atoms with Crippen LogP contribution in [0.1, 0.15) is 33.4 Å². The first-order chi connectivity index (χ1) is 13.0. The topological polar surface area (TPSA) is 68.7 Å². The molecule has 0 saturated carbocycles. The number of ether oxygens (including phenoxy) is 2. The fourth-order valence-corrected chi connectivity index (χ4v) is 3.75. The summed E-state index contributed by atoms with van der Waals surface area (Å²) >= 11 is 1.18. The molecule has 0 spiro atoms. The van der Waals surface area contributed by atoms with E-state index in [1.54, 1.807) is 7.11 Å². The van der Waals surface area contributed by atoms with Crippen LogP contribution in [-0.2, 0) is 13.0 Å². The first kappa shape index (κ1) is 18.9. The van der Waals surface area contributed by atoms with Crippen LogP contribution in [-0.4, -0.2) is 23.2 Å². The standard InChI is InChI=1S/C21H21NO4S/c1-4-16-19(21(23)24)27-20(22-16)15-8-9-17(18(11-15)25-3)26-12-14-7-5-6-13(2)10-14/h5-11H,4,12H2,1-3H3,(H,23,24). The zero-order valence-electron chi connectivity index (χ0n) is 15.5. The second-order valence-electron chi connectivity index (χ2n) is 6.10. The van der Waals surface area contributed by atoms with E-state index in [0.717, 1.165) is 11.1 Å². The molecule has 3 aromatic rings. The molecule has 2 aromatic carbocycles. The van der Waals surface area contributed by atoms with Crippen molar-refractivity contribution < 1.29 is 19.4 Å². The molecule has 1 aromatic heterocycles. The third-order valence-corrected chi connectivity index (χ3v) is 5.25. The minimum atomic E-state index is -0.944. The summed E-state index contributed by atoms with van der Waals surface area (Å²) in [5.74, 6) is 0.277. The fraction of sp³-hybridized carbons (Fsp3) is 0.238. The van der Waals surface area contributed by atoms with Gasteiger partial charge in [-0.1, -0.05) is 36.8 Å². The highest BCUT2D eigenvalue weighted by molar-refractivity contribution is 7.17. The number of rotatable bonds is 7. The van der Waals surface area contributed by atoms with Crippen molar-refractivity contribution in [2.75, 3.05) is 7.11 Å². The van der Waals surface area contributed by atoms with Gasteiger partial charge in [-0.05, 0) is 37.1 Å². The lowest BCUT2D eigenvalue weighted by Crippen LogP contribution is -1.98. The second kappa shape index (κ2) is 8.22. The van der Waals surface area contributed by atoms with Crippen molar-refractivity contribution in [3.05, 3.63) is 64.2 Å². The van der Waals surface area contributed by atoms with Gasteiger partial charge < -0.3 is 14.6 Å². The van der Waals surface area contributed by atoms with Gasteiger partial charge in [-0.15, -0.1) is 11.3 Å². The lowest BCUT2D eigenvalue weighted by atomic mass is 10.1. The molecule has 1 N–H and O–H groups in total. The number of hydrogen-bond donors (Lipinski definition) is 1. The number of aryl methyl sites for hydroxylation is 2. The van der Waals surface area contributed by atoms with Crippen molar-refractivity contribution in [2.45, 2.75) is 26.9 Å². The molecule has 140 valence electrons. The first-order valence-corrected chi connectivity index (χ1v) is 9.43. The highest BCUT2D eigenvalue weighted by Gasteiger charge is 2.18. The Morgan fingerprint density at radius 1 is 1.19 bits per heavy atom. The number of aromatic nitrogens is 1. The monoisotopic (exact) mass is 383 g/mol. The van der Waals surface area contributed by atoms with Crippen LogP contribution in [0.3, 0.4) is 0 Å². The Kier molecular flexibility index (Phi) is 5.76. The van der Waals surface area contributed by atoms with Crippen LogP contribution in [0.5, 0.6) is 11.5 Å². The third-order valence-electron chi connectivity index (χ3n) is 4.11. The summed E-state index contributed by atoms with van der Waals surface area (Å²) in [4.78, 5) is 16.1. The molecule has 0 atom stereocenters. The predicted molar refractivity (Wildman–Crippen MR) is 106 cm³/mol. The van der Waals surface area contributed by atoms with Crippen molar-refractivity contribution in [1.29, 1.82) is 0 Å². The average molecular weight is 383 g/mol. The fourth-order valence-electron chi connectivity index (χ4n) is 2.76. The zero-order valence-corrected chi connectivity index (χ0v) is 16.3. The van der Waals surface area contributed by atoms with E-state index in [1.165, 1.54) is 16.9 Å². The van der Waals surface area contributed by atoms with E-state index in [4.69, 9.17) is 9.47 Å². The SMILES string of the molecule is CCc1nc(-c2ccc(OCc3cccc(C)c3)c(OC)c2)sc1C(=O)O. The smallest absolute Gasteiger partial charge is 0.347 e. The Hall–Kier alpha value is -2.86. The molecule has 6 heteroatoms. The molecule has 0 amide bonds. The van der Waals surface area contributed by atoms with Gasteiger partial charge in [0.25, 0.3) is 0 Å². The Morgan fingerprint density at radius 3 is 2.63 bits per heavy atom. The third kappa shape index (κ3) is 4.28. The van der Waals surface area contributed by atoms with Crippen molar-refractivity contribution in [3.8, 4) is 22.1 Å². The summed E-state index contributed by atoms with van der Waals surface area (Å²) in [5, 5.41) is 9.99. The Balaban J connectivity index is 1.85. The lowest BCUT2D eigenvalue weighted by Gasteiger charge is -2.12. The van der Waals surface area contributed by atoms with E-state index in [2.05, 4.69) is 11.1 Å². The molecule has 0 unspecified atom stereocenters. The summed E-state index contributed by atoms with van der Waals surface area (Å²) < 4.78 is 11.4. The van der Waals surface area contributed by atoms with E-state index in [0.29, 0.717) is 35.2 Å². The molecule has 0 saturated heterocycles. The molecule has 1 heterocycles. The van der Waals surface area contributed by atoms with Gasteiger partial charge in [-0.25, -0.2) is 9.78 Å². The quantitative estimate of drug-likeness (QED) is 0.624. The molecule has 27 heavy (non-hydrogen) atoms. The van der Waals surface area contributed by atoms with Crippen molar-refractivity contribution in [3.63, 3.8) is 0 Å². The van der Waals surface area contributed by atoms with Crippen molar-refractivity contribution in [2.24, 2.45) is 0 Å². The first-order valence-electron chi connectivity index (χ1n) is 8.61. The van der Waals surface area contributed by atoms with E-state index < -0.39 is 5.97 Å². The maximum atomic E-state index is 11.4. The van der Waals surface area contributed by atoms with Gasteiger partial charge in [0.15, 0.2) is 11.5 Å². The summed E-state index contributed by atoms with van der Waals surface area (Å²) in [6.45, 7) is 4.38. The van der Waals surface area contributed by atoms with E-state index >= 15 is 0 Å². The zero-order chi connectivity index (χ0) is 19.4. The number of carbonyl (C=O) groups is 1. The van der Waals surface area contributed by atoms with Crippen LogP contribution in [0.25, 0.3) is 10.6 Å². The molecular formula is C21H21NO4S. The predicted octanol–water partition coefficient (Wildman–Crippen LogP) is 4.97. The Morgan fingerprint density at radius 2 is 2.00 bits per heavy atom. The Bertz CT molecular complexity index is 965.